The number of hydrogen-bond acceptors (Lipinski definition) is 2. The van der Waals surface area contributed by atoms with Crippen molar-refractivity contribution in [1.82, 2.24) is 0 Å². The van der Waals surface area contributed by atoms with Gasteiger partial charge in [-0.3, -0.25) is 0 Å². The fourth-order valence-corrected chi connectivity index (χ4v) is 3.32. The molecule has 0 atom stereocenters. The monoisotopic (exact) mass is 320 g/mol. The van der Waals surface area contributed by atoms with E-state index >= 15 is 0 Å². The van der Waals surface area contributed by atoms with Gasteiger partial charge in [0.05, 0.1) is 23.1 Å². The van der Waals surface area contributed by atoms with Gasteiger partial charge in [-0.25, -0.2) is 0 Å². The Labute approximate surface area is 147 Å². The molecule has 0 amide bonds. The van der Waals surface area contributed by atoms with Gasteiger partial charge in [-0.15, -0.1) is 0 Å². The van der Waals surface area contributed by atoms with Crippen LogP contribution < -0.4 is 0 Å². The highest BCUT2D eigenvalue weighted by molar-refractivity contribution is 5.62. The summed E-state index contributed by atoms with van der Waals surface area (Å²) in [5.41, 5.74) is 2.44. The molecular weight excluding hydrogens is 304 g/mol. The third-order valence-corrected chi connectivity index (χ3v) is 4.35. The van der Waals surface area contributed by atoms with Crippen molar-refractivity contribution in [3.05, 3.63) is 119 Å². The summed E-state index contributed by atoms with van der Waals surface area (Å²) in [7, 11) is 0. The number of rotatable bonds is 4. The first-order chi connectivity index (χ1) is 12.3. The zero-order valence-electron chi connectivity index (χ0n) is 13.6. The van der Waals surface area contributed by atoms with Gasteiger partial charge in [-0.1, -0.05) is 91.0 Å². The van der Waals surface area contributed by atoms with Crippen LogP contribution in [-0.2, 0) is 5.41 Å². The highest BCUT2D eigenvalue weighted by Crippen LogP contribution is 2.44. The van der Waals surface area contributed by atoms with Gasteiger partial charge in [-0.2, -0.15) is 10.5 Å². The van der Waals surface area contributed by atoms with Gasteiger partial charge in [0.2, 0.25) is 0 Å². The normalized spacial score (nSPS) is 11.4. The minimum Gasteiger partial charge on any atom is -0.193 e. The van der Waals surface area contributed by atoms with Crippen molar-refractivity contribution in [2.24, 2.45) is 0 Å². The molecule has 0 saturated heterocycles. The number of hydrogen-bond donors (Lipinski definition) is 0. The van der Waals surface area contributed by atoms with Crippen molar-refractivity contribution in [1.29, 1.82) is 10.5 Å². The number of nitriles is 2. The molecule has 0 aliphatic heterocycles. The van der Waals surface area contributed by atoms with Crippen LogP contribution >= 0.6 is 0 Å². The van der Waals surface area contributed by atoms with E-state index in [4.69, 9.17) is 0 Å². The van der Waals surface area contributed by atoms with Crippen molar-refractivity contribution < 1.29 is 0 Å². The lowest BCUT2D eigenvalue weighted by molar-refractivity contribution is 0.747. The molecule has 118 valence electrons. The molecule has 25 heavy (non-hydrogen) atoms. The minimum atomic E-state index is -0.825. The standard InChI is InChI=1S/C23H16N2/c24-17-16-22(18-25)23(19-10-4-1-5-11-19,20-12-6-2-7-13-20)21-14-8-3-9-15-21/h1-16H/b22-16+. The van der Waals surface area contributed by atoms with Gasteiger partial charge in [0, 0.05) is 6.08 Å². The molecule has 2 heteroatoms. The Hall–Kier alpha value is -3.62. The van der Waals surface area contributed by atoms with Gasteiger partial charge in [0.1, 0.15) is 0 Å². The molecule has 0 aromatic heterocycles. The Kier molecular flexibility index (Phi) is 4.74. The minimum absolute atomic E-state index is 0.401. The molecule has 2 nitrogen and oxygen atoms in total. The third kappa shape index (κ3) is 2.82. The average molecular weight is 320 g/mol. The molecular formula is C23H16N2. The summed E-state index contributed by atoms with van der Waals surface area (Å²) in [5.74, 6) is 0. The van der Waals surface area contributed by atoms with Crippen LogP contribution in [0.25, 0.3) is 0 Å². The van der Waals surface area contributed by atoms with Crippen molar-refractivity contribution in [3.8, 4) is 12.1 Å². The van der Waals surface area contributed by atoms with Gasteiger partial charge < -0.3 is 0 Å². The zero-order valence-corrected chi connectivity index (χ0v) is 13.6. The van der Waals surface area contributed by atoms with Gasteiger partial charge in [0.15, 0.2) is 0 Å². The van der Waals surface area contributed by atoms with E-state index in [-0.39, 0.29) is 0 Å². The first kappa shape index (κ1) is 16.2. The largest absolute Gasteiger partial charge is 0.193 e. The lowest BCUT2D eigenvalue weighted by atomic mass is 9.65. The SMILES string of the molecule is N#C/C=C(\C#N)C(c1ccccc1)(c1ccccc1)c1ccccc1. The van der Waals surface area contributed by atoms with E-state index in [9.17, 15) is 10.5 Å². The molecule has 0 heterocycles. The van der Waals surface area contributed by atoms with Crippen LogP contribution in [0.1, 0.15) is 16.7 Å². The van der Waals surface area contributed by atoms with Crippen molar-refractivity contribution >= 4 is 0 Å². The highest BCUT2D eigenvalue weighted by Gasteiger charge is 2.40. The van der Waals surface area contributed by atoms with E-state index in [0.29, 0.717) is 5.57 Å². The van der Waals surface area contributed by atoms with Crippen molar-refractivity contribution in [2.45, 2.75) is 5.41 Å². The molecule has 0 radical (unpaired) electrons. The second kappa shape index (κ2) is 7.30. The zero-order chi connectivity index (χ0) is 17.5. The predicted octanol–water partition coefficient (Wildman–Crippen LogP) is 4.99. The van der Waals surface area contributed by atoms with E-state index in [1.54, 1.807) is 0 Å². The Morgan fingerprint density at radius 3 is 1.28 bits per heavy atom. The smallest absolute Gasteiger partial charge is 0.0971 e. The fraction of sp³-hybridized carbons (Fsp3) is 0.0435. The Balaban J connectivity index is 2.48. The summed E-state index contributed by atoms with van der Waals surface area (Å²) in [6.07, 6.45) is 1.35. The quantitative estimate of drug-likeness (QED) is 0.502. The van der Waals surface area contributed by atoms with Crippen LogP contribution in [0.3, 0.4) is 0 Å². The van der Waals surface area contributed by atoms with Crippen LogP contribution in [0.15, 0.2) is 103 Å². The van der Waals surface area contributed by atoms with Crippen LogP contribution in [0, 0.1) is 22.7 Å². The Morgan fingerprint density at radius 2 is 1.00 bits per heavy atom. The maximum atomic E-state index is 9.91. The van der Waals surface area contributed by atoms with Crippen LogP contribution in [0.5, 0.6) is 0 Å². The second-order valence-electron chi connectivity index (χ2n) is 5.65. The van der Waals surface area contributed by atoms with E-state index in [1.807, 2.05) is 97.1 Å². The summed E-state index contributed by atoms with van der Waals surface area (Å²) >= 11 is 0. The molecule has 0 spiro atoms. The molecule has 3 aromatic carbocycles. The fourth-order valence-electron chi connectivity index (χ4n) is 3.32. The first-order valence-electron chi connectivity index (χ1n) is 8.01. The van der Waals surface area contributed by atoms with Gasteiger partial charge in [-0.05, 0) is 16.7 Å². The first-order valence-corrected chi connectivity index (χ1v) is 8.01. The second-order valence-corrected chi connectivity index (χ2v) is 5.65. The molecule has 0 aliphatic rings. The number of allylic oxidation sites excluding steroid dienone is 2. The maximum Gasteiger partial charge on any atom is 0.0971 e. The van der Waals surface area contributed by atoms with E-state index < -0.39 is 5.41 Å². The molecule has 0 N–H and O–H groups in total. The molecule has 0 fully saturated rings. The summed E-state index contributed by atoms with van der Waals surface area (Å²) in [6, 6.07) is 33.9. The molecule has 0 bridgehead atoms. The van der Waals surface area contributed by atoms with E-state index in [1.165, 1.54) is 6.08 Å². The average Bonchev–Trinajstić information content (AvgIpc) is 2.70. The highest BCUT2D eigenvalue weighted by atomic mass is 14.4. The summed E-state index contributed by atoms with van der Waals surface area (Å²) in [5, 5.41) is 19.2. The molecule has 3 rings (SSSR count). The van der Waals surface area contributed by atoms with Gasteiger partial charge in [0.25, 0.3) is 0 Å². The van der Waals surface area contributed by atoms with E-state index in [2.05, 4.69) is 6.07 Å². The third-order valence-electron chi connectivity index (χ3n) is 4.35. The lowest BCUT2D eigenvalue weighted by Gasteiger charge is -2.35. The van der Waals surface area contributed by atoms with Crippen LogP contribution in [-0.4, -0.2) is 0 Å². The van der Waals surface area contributed by atoms with Crippen molar-refractivity contribution in [2.75, 3.05) is 0 Å². The summed E-state index contributed by atoms with van der Waals surface area (Å²) < 4.78 is 0. The summed E-state index contributed by atoms with van der Waals surface area (Å²) in [6.45, 7) is 0. The molecule has 0 unspecified atom stereocenters. The molecule has 0 aliphatic carbocycles. The Bertz CT molecular complexity index is 847. The van der Waals surface area contributed by atoms with Crippen LogP contribution in [0.4, 0.5) is 0 Å². The van der Waals surface area contributed by atoms with Crippen LogP contribution in [0.2, 0.25) is 0 Å². The topological polar surface area (TPSA) is 47.6 Å². The molecule has 3 aromatic rings. The molecule has 0 saturated carbocycles. The predicted molar refractivity (Wildman–Crippen MR) is 98.5 cm³/mol. The van der Waals surface area contributed by atoms with Gasteiger partial charge >= 0.3 is 0 Å². The number of benzene rings is 3. The summed E-state index contributed by atoms with van der Waals surface area (Å²) in [4.78, 5) is 0. The maximum absolute atomic E-state index is 9.91. The van der Waals surface area contributed by atoms with E-state index in [0.717, 1.165) is 16.7 Å². The number of nitrogens with zero attached hydrogens (tertiary/aromatic N) is 2. The lowest BCUT2D eigenvalue weighted by Crippen LogP contribution is -2.31. The Morgan fingerprint density at radius 1 is 0.640 bits per heavy atom. The van der Waals surface area contributed by atoms with Crippen molar-refractivity contribution in [3.63, 3.8) is 0 Å².